The van der Waals surface area contributed by atoms with Crippen molar-refractivity contribution in [2.45, 2.75) is 12.3 Å². The van der Waals surface area contributed by atoms with Gasteiger partial charge in [-0.25, -0.2) is 0 Å². The van der Waals surface area contributed by atoms with Gasteiger partial charge in [0.1, 0.15) is 0 Å². The van der Waals surface area contributed by atoms with E-state index in [1.807, 2.05) is 18.2 Å². The summed E-state index contributed by atoms with van der Waals surface area (Å²) in [7, 11) is 4.76. The fraction of sp³-hybridized carbons (Fsp3) is 0.389. The lowest BCUT2D eigenvalue weighted by Gasteiger charge is -2.18. The number of nitrogens with zero attached hydrogens (tertiary/aromatic N) is 1. The number of hydrogen-bond donors (Lipinski definition) is 0. The number of benzene rings is 1. The van der Waals surface area contributed by atoms with Gasteiger partial charge in [-0.2, -0.15) is 0 Å². The third kappa shape index (κ3) is 2.91. The first-order valence-electron chi connectivity index (χ1n) is 7.82. The Hall–Kier alpha value is -2.63. The molecule has 0 N–H and O–H groups in total. The van der Waals surface area contributed by atoms with E-state index in [0.29, 0.717) is 30.5 Å². The average molecular weight is 331 g/mol. The topological polar surface area (TPSA) is 61.1 Å². The van der Waals surface area contributed by atoms with Crippen molar-refractivity contribution >= 4 is 5.91 Å². The normalized spacial score (nSPS) is 17.0. The van der Waals surface area contributed by atoms with Gasteiger partial charge in [-0.15, -0.1) is 0 Å². The molecule has 6 heteroatoms. The van der Waals surface area contributed by atoms with Crippen LogP contribution in [0.1, 0.15) is 28.5 Å². The zero-order chi connectivity index (χ0) is 17.1. The Labute approximate surface area is 140 Å². The lowest BCUT2D eigenvalue weighted by molar-refractivity contribution is 0.0752. The SMILES string of the molecule is COc1ccc(C(=O)N2CCC(c3cccc(OC)c3OC)C2)o1. The molecular formula is C18H21NO5. The van der Waals surface area contributed by atoms with Gasteiger partial charge in [-0.1, -0.05) is 12.1 Å². The Morgan fingerprint density at radius 3 is 2.62 bits per heavy atom. The molecule has 0 spiro atoms. The van der Waals surface area contributed by atoms with Crippen molar-refractivity contribution in [2.24, 2.45) is 0 Å². The van der Waals surface area contributed by atoms with E-state index in [4.69, 9.17) is 18.6 Å². The largest absolute Gasteiger partial charge is 0.493 e. The van der Waals surface area contributed by atoms with Crippen molar-refractivity contribution in [3.8, 4) is 17.4 Å². The van der Waals surface area contributed by atoms with Crippen LogP contribution in [0.5, 0.6) is 17.4 Å². The minimum Gasteiger partial charge on any atom is -0.493 e. The van der Waals surface area contributed by atoms with Gasteiger partial charge in [0.05, 0.1) is 21.3 Å². The van der Waals surface area contributed by atoms with Crippen molar-refractivity contribution in [2.75, 3.05) is 34.4 Å². The lowest BCUT2D eigenvalue weighted by Crippen LogP contribution is -2.28. The van der Waals surface area contributed by atoms with Crippen LogP contribution in [-0.2, 0) is 0 Å². The van der Waals surface area contributed by atoms with Gasteiger partial charge in [0, 0.05) is 30.6 Å². The van der Waals surface area contributed by atoms with Crippen molar-refractivity contribution in [1.29, 1.82) is 0 Å². The summed E-state index contributed by atoms with van der Waals surface area (Å²) in [5.41, 5.74) is 1.06. The highest BCUT2D eigenvalue weighted by molar-refractivity contribution is 5.92. The van der Waals surface area contributed by atoms with Gasteiger partial charge in [-0.3, -0.25) is 4.79 Å². The second kappa shape index (κ2) is 6.86. The molecule has 0 saturated carbocycles. The van der Waals surface area contributed by atoms with E-state index in [1.165, 1.54) is 7.11 Å². The number of likely N-dealkylation sites (tertiary alicyclic amines) is 1. The molecule has 1 aromatic heterocycles. The van der Waals surface area contributed by atoms with Crippen LogP contribution in [0, 0.1) is 0 Å². The maximum atomic E-state index is 12.6. The van der Waals surface area contributed by atoms with Gasteiger partial charge in [0.25, 0.3) is 11.9 Å². The van der Waals surface area contributed by atoms with E-state index in [-0.39, 0.29) is 11.8 Å². The summed E-state index contributed by atoms with van der Waals surface area (Å²) in [6, 6.07) is 9.12. The molecule has 6 nitrogen and oxygen atoms in total. The molecule has 1 unspecified atom stereocenters. The van der Waals surface area contributed by atoms with Crippen molar-refractivity contribution in [3.05, 3.63) is 41.7 Å². The van der Waals surface area contributed by atoms with Crippen LogP contribution < -0.4 is 14.2 Å². The van der Waals surface area contributed by atoms with Gasteiger partial charge in [0.2, 0.25) is 0 Å². The third-order valence-corrected chi connectivity index (χ3v) is 4.34. The number of ether oxygens (including phenoxy) is 3. The van der Waals surface area contributed by atoms with Crippen molar-refractivity contribution < 1.29 is 23.4 Å². The Balaban J connectivity index is 1.77. The molecule has 0 aliphatic carbocycles. The van der Waals surface area contributed by atoms with Crippen molar-refractivity contribution in [1.82, 2.24) is 4.90 Å². The quantitative estimate of drug-likeness (QED) is 0.843. The van der Waals surface area contributed by atoms with Crippen LogP contribution in [0.2, 0.25) is 0 Å². The van der Waals surface area contributed by atoms with E-state index >= 15 is 0 Å². The number of hydrogen-bond acceptors (Lipinski definition) is 5. The van der Waals surface area contributed by atoms with Gasteiger partial charge >= 0.3 is 0 Å². The Bertz CT molecular complexity index is 724. The molecule has 2 aromatic rings. The minimum absolute atomic E-state index is 0.123. The molecule has 128 valence electrons. The number of amides is 1. The highest BCUT2D eigenvalue weighted by atomic mass is 16.6. The van der Waals surface area contributed by atoms with Crippen LogP contribution >= 0.6 is 0 Å². The molecule has 1 fully saturated rings. The maximum absolute atomic E-state index is 12.6. The molecule has 3 rings (SSSR count). The van der Waals surface area contributed by atoms with Crippen LogP contribution in [0.3, 0.4) is 0 Å². The second-order valence-electron chi connectivity index (χ2n) is 5.64. The molecular weight excluding hydrogens is 310 g/mol. The minimum atomic E-state index is -0.123. The van der Waals surface area contributed by atoms with E-state index in [9.17, 15) is 4.79 Å². The first kappa shape index (κ1) is 16.2. The van der Waals surface area contributed by atoms with E-state index in [1.54, 1.807) is 31.3 Å². The predicted octanol–water partition coefficient (Wildman–Crippen LogP) is 2.94. The van der Waals surface area contributed by atoms with Crippen LogP contribution in [-0.4, -0.2) is 45.2 Å². The zero-order valence-corrected chi connectivity index (χ0v) is 14.1. The molecule has 1 atom stereocenters. The first-order valence-corrected chi connectivity index (χ1v) is 7.82. The molecule has 1 amide bonds. The van der Waals surface area contributed by atoms with E-state index in [2.05, 4.69) is 0 Å². The number of methoxy groups -OCH3 is 3. The van der Waals surface area contributed by atoms with Gasteiger partial charge in [-0.05, 0) is 18.6 Å². The highest BCUT2D eigenvalue weighted by Crippen LogP contribution is 2.39. The molecule has 0 radical (unpaired) electrons. The van der Waals surface area contributed by atoms with Crippen molar-refractivity contribution in [3.63, 3.8) is 0 Å². The molecule has 1 aliphatic rings. The molecule has 1 aliphatic heterocycles. The summed E-state index contributed by atoms with van der Waals surface area (Å²) in [5.74, 6) is 2.15. The summed E-state index contributed by atoms with van der Waals surface area (Å²) in [6.45, 7) is 1.29. The molecule has 24 heavy (non-hydrogen) atoms. The molecule has 1 aromatic carbocycles. The van der Waals surface area contributed by atoms with Gasteiger partial charge < -0.3 is 23.5 Å². The van der Waals surface area contributed by atoms with E-state index in [0.717, 1.165) is 17.7 Å². The maximum Gasteiger partial charge on any atom is 0.289 e. The second-order valence-corrected chi connectivity index (χ2v) is 5.64. The number of furan rings is 1. The lowest BCUT2D eigenvalue weighted by atomic mass is 9.97. The Morgan fingerprint density at radius 2 is 1.96 bits per heavy atom. The summed E-state index contributed by atoms with van der Waals surface area (Å²) in [5, 5.41) is 0. The van der Waals surface area contributed by atoms with Crippen LogP contribution in [0.4, 0.5) is 0 Å². The van der Waals surface area contributed by atoms with Crippen LogP contribution in [0.15, 0.2) is 34.7 Å². The zero-order valence-electron chi connectivity index (χ0n) is 14.1. The standard InChI is InChI=1S/C18H21NO5/c1-21-14-6-4-5-13(17(14)23-3)12-9-10-19(11-12)18(20)15-7-8-16(22-2)24-15/h4-8,12H,9-11H2,1-3H3. The number of carbonyl (C=O) groups is 1. The number of rotatable bonds is 5. The predicted molar refractivity (Wildman–Crippen MR) is 88.1 cm³/mol. The third-order valence-electron chi connectivity index (χ3n) is 4.34. The van der Waals surface area contributed by atoms with Gasteiger partial charge in [0.15, 0.2) is 17.3 Å². The molecule has 1 saturated heterocycles. The summed E-state index contributed by atoms with van der Waals surface area (Å²) >= 11 is 0. The summed E-state index contributed by atoms with van der Waals surface area (Å²) in [4.78, 5) is 14.3. The Kier molecular flexibility index (Phi) is 4.64. The fourth-order valence-electron chi connectivity index (χ4n) is 3.13. The first-order chi connectivity index (χ1) is 11.7. The summed E-state index contributed by atoms with van der Waals surface area (Å²) in [6.07, 6.45) is 0.868. The van der Waals surface area contributed by atoms with Crippen LogP contribution in [0.25, 0.3) is 0 Å². The summed E-state index contributed by atoms with van der Waals surface area (Å²) < 4.78 is 21.2. The monoisotopic (exact) mass is 331 g/mol. The number of carbonyl (C=O) groups excluding carboxylic acids is 1. The molecule has 2 heterocycles. The fourth-order valence-corrected chi connectivity index (χ4v) is 3.13. The highest BCUT2D eigenvalue weighted by Gasteiger charge is 2.31. The Morgan fingerprint density at radius 1 is 1.12 bits per heavy atom. The van der Waals surface area contributed by atoms with E-state index < -0.39 is 0 Å². The smallest absolute Gasteiger partial charge is 0.289 e. The number of para-hydroxylation sites is 1. The molecule has 0 bridgehead atoms. The average Bonchev–Trinajstić information content (AvgIpc) is 3.29.